The van der Waals surface area contributed by atoms with Crippen molar-refractivity contribution >= 4 is 28.3 Å². The molecule has 1 heterocycles. The van der Waals surface area contributed by atoms with Gasteiger partial charge in [0.05, 0.1) is 18.8 Å². The Morgan fingerprint density at radius 2 is 2.10 bits per heavy atom. The van der Waals surface area contributed by atoms with Crippen LogP contribution in [0.4, 0.5) is 5.13 Å². The maximum Gasteiger partial charge on any atom is 0.251 e. The minimum Gasteiger partial charge on any atom is -0.491 e. The van der Waals surface area contributed by atoms with E-state index < -0.39 is 0 Å². The van der Waals surface area contributed by atoms with Gasteiger partial charge in [0, 0.05) is 23.6 Å². The molecule has 1 aromatic carbocycles. The van der Waals surface area contributed by atoms with Gasteiger partial charge < -0.3 is 20.1 Å². The van der Waals surface area contributed by atoms with E-state index in [9.17, 15) is 9.59 Å². The van der Waals surface area contributed by atoms with E-state index in [1.54, 1.807) is 19.3 Å². The molecule has 8 heteroatoms. The molecule has 0 fully saturated rings. The third kappa shape index (κ3) is 7.46. The predicted octanol–water partition coefficient (Wildman–Crippen LogP) is 3.80. The van der Waals surface area contributed by atoms with Gasteiger partial charge >= 0.3 is 0 Å². The molecule has 2 rings (SSSR count). The smallest absolute Gasteiger partial charge is 0.251 e. The van der Waals surface area contributed by atoms with Crippen LogP contribution in [-0.2, 0) is 14.3 Å². The number of carbonyl (C=O) groups is 2. The van der Waals surface area contributed by atoms with Crippen molar-refractivity contribution in [2.75, 3.05) is 32.2 Å². The van der Waals surface area contributed by atoms with E-state index in [1.807, 2.05) is 49.6 Å². The van der Waals surface area contributed by atoms with Crippen LogP contribution in [0.1, 0.15) is 20.3 Å². The Morgan fingerprint density at radius 1 is 1.27 bits per heavy atom. The number of anilines is 1. The second-order valence-corrected chi connectivity index (χ2v) is 7.06. The van der Waals surface area contributed by atoms with E-state index in [0.29, 0.717) is 23.9 Å². The third-order valence-electron chi connectivity index (χ3n) is 3.88. The lowest BCUT2D eigenvalue weighted by atomic mass is 10.2. The summed E-state index contributed by atoms with van der Waals surface area (Å²) < 4.78 is 10.6. The SMILES string of the molecule is C/C=C\C(=C/CC)C(=O)NCC(=O)Nc1nc(-c2cccc(OCCOC)c2)cs1. The number of aromatic nitrogens is 1. The van der Waals surface area contributed by atoms with Crippen LogP contribution in [0, 0.1) is 0 Å². The Bertz CT molecular complexity index is 905. The first-order valence-corrected chi connectivity index (χ1v) is 10.5. The molecule has 0 atom stereocenters. The molecule has 0 unspecified atom stereocenters. The van der Waals surface area contributed by atoms with E-state index in [0.717, 1.165) is 23.4 Å². The predicted molar refractivity (Wildman–Crippen MR) is 120 cm³/mol. The number of amides is 2. The molecule has 2 N–H and O–H groups in total. The molecule has 0 radical (unpaired) electrons. The summed E-state index contributed by atoms with van der Waals surface area (Å²) in [6, 6.07) is 7.56. The van der Waals surface area contributed by atoms with Gasteiger partial charge in [0.25, 0.3) is 5.91 Å². The van der Waals surface area contributed by atoms with E-state index in [2.05, 4.69) is 15.6 Å². The molecule has 0 aliphatic carbocycles. The molecule has 160 valence electrons. The maximum absolute atomic E-state index is 12.2. The van der Waals surface area contributed by atoms with Gasteiger partial charge in [-0.2, -0.15) is 0 Å². The summed E-state index contributed by atoms with van der Waals surface area (Å²) in [4.78, 5) is 28.8. The van der Waals surface area contributed by atoms with Crippen molar-refractivity contribution in [2.24, 2.45) is 0 Å². The lowest BCUT2D eigenvalue weighted by Crippen LogP contribution is -2.33. The third-order valence-corrected chi connectivity index (χ3v) is 4.64. The number of nitrogens with zero attached hydrogens (tertiary/aromatic N) is 1. The fraction of sp³-hybridized carbons (Fsp3) is 0.318. The Kier molecular flexibility index (Phi) is 9.76. The zero-order valence-corrected chi connectivity index (χ0v) is 18.3. The average molecular weight is 430 g/mol. The van der Waals surface area contributed by atoms with Crippen LogP contribution in [0.3, 0.4) is 0 Å². The summed E-state index contributed by atoms with van der Waals surface area (Å²) in [5.41, 5.74) is 2.16. The molecule has 2 aromatic rings. The van der Waals surface area contributed by atoms with Crippen molar-refractivity contribution in [3.63, 3.8) is 0 Å². The number of carbonyl (C=O) groups excluding carboxylic acids is 2. The summed E-state index contributed by atoms with van der Waals surface area (Å²) in [7, 11) is 1.62. The first-order chi connectivity index (χ1) is 14.6. The number of allylic oxidation sites excluding steroid dienone is 2. The Morgan fingerprint density at radius 3 is 2.83 bits per heavy atom. The molecular formula is C22H27N3O4S. The molecule has 30 heavy (non-hydrogen) atoms. The van der Waals surface area contributed by atoms with Gasteiger partial charge in [-0.1, -0.05) is 37.3 Å². The summed E-state index contributed by atoms with van der Waals surface area (Å²) >= 11 is 1.32. The van der Waals surface area contributed by atoms with Crippen molar-refractivity contribution in [3.05, 3.63) is 53.4 Å². The number of methoxy groups -OCH3 is 1. The Labute approximate surface area is 180 Å². The molecule has 1 aromatic heterocycles. The second kappa shape index (κ2) is 12.6. The van der Waals surface area contributed by atoms with Crippen molar-refractivity contribution < 1.29 is 19.1 Å². The van der Waals surface area contributed by atoms with Crippen molar-refractivity contribution in [3.8, 4) is 17.0 Å². The monoisotopic (exact) mass is 429 g/mol. The zero-order chi connectivity index (χ0) is 21.8. The fourth-order valence-corrected chi connectivity index (χ4v) is 3.25. The number of hydrogen-bond acceptors (Lipinski definition) is 6. The summed E-state index contributed by atoms with van der Waals surface area (Å²) in [5, 5.41) is 7.66. The molecule has 0 bridgehead atoms. The average Bonchev–Trinajstić information content (AvgIpc) is 3.21. The maximum atomic E-state index is 12.2. The number of hydrogen-bond donors (Lipinski definition) is 2. The highest BCUT2D eigenvalue weighted by atomic mass is 32.1. The normalized spacial score (nSPS) is 11.5. The summed E-state index contributed by atoms with van der Waals surface area (Å²) in [6.45, 7) is 4.64. The quantitative estimate of drug-likeness (QED) is 0.322. The van der Waals surface area contributed by atoms with Crippen LogP contribution in [0.5, 0.6) is 5.75 Å². The lowest BCUT2D eigenvalue weighted by molar-refractivity contribution is -0.121. The largest absolute Gasteiger partial charge is 0.491 e. The van der Waals surface area contributed by atoms with Gasteiger partial charge in [-0.15, -0.1) is 11.3 Å². The zero-order valence-electron chi connectivity index (χ0n) is 17.4. The van der Waals surface area contributed by atoms with Crippen molar-refractivity contribution in [1.29, 1.82) is 0 Å². The number of benzene rings is 1. The minimum atomic E-state index is -0.336. The number of ether oxygens (including phenoxy) is 2. The number of rotatable bonds is 11. The van der Waals surface area contributed by atoms with Crippen LogP contribution in [-0.4, -0.2) is 43.7 Å². The topological polar surface area (TPSA) is 89.6 Å². The first kappa shape index (κ1) is 23.3. The fourth-order valence-electron chi connectivity index (χ4n) is 2.51. The molecule has 0 saturated heterocycles. The van der Waals surface area contributed by atoms with E-state index >= 15 is 0 Å². The number of nitrogens with one attached hydrogen (secondary N) is 2. The molecule has 0 aliphatic heterocycles. The lowest BCUT2D eigenvalue weighted by Gasteiger charge is -2.07. The molecule has 2 amide bonds. The standard InChI is InChI=1S/C22H27N3O4S/c1-4-7-16(8-5-2)21(27)23-14-20(26)25-22-24-19(15-30-22)17-9-6-10-18(13-17)29-12-11-28-3/h4,6-10,13,15H,5,11-12,14H2,1-3H3,(H,23,27)(H,24,25,26)/b7-4-,16-8+. The number of thiazole rings is 1. The van der Waals surface area contributed by atoms with Crippen LogP contribution >= 0.6 is 11.3 Å². The van der Waals surface area contributed by atoms with E-state index in [4.69, 9.17) is 9.47 Å². The molecule has 0 aliphatic rings. The minimum absolute atomic E-state index is 0.130. The van der Waals surface area contributed by atoms with E-state index in [1.165, 1.54) is 11.3 Å². The van der Waals surface area contributed by atoms with Crippen LogP contribution in [0.15, 0.2) is 53.4 Å². The Hall–Kier alpha value is -2.97. The molecule has 0 saturated carbocycles. The highest BCUT2D eigenvalue weighted by Gasteiger charge is 2.11. The van der Waals surface area contributed by atoms with Gasteiger partial charge in [0.2, 0.25) is 5.91 Å². The van der Waals surface area contributed by atoms with Gasteiger partial charge in [-0.05, 0) is 25.5 Å². The molecule has 0 spiro atoms. The van der Waals surface area contributed by atoms with Gasteiger partial charge in [-0.3, -0.25) is 9.59 Å². The van der Waals surface area contributed by atoms with Crippen LogP contribution in [0.25, 0.3) is 11.3 Å². The summed E-state index contributed by atoms with van der Waals surface area (Å²) in [6.07, 6.45) is 6.06. The summed E-state index contributed by atoms with van der Waals surface area (Å²) in [5.74, 6) is 0.107. The van der Waals surface area contributed by atoms with Crippen LogP contribution < -0.4 is 15.4 Å². The van der Waals surface area contributed by atoms with Crippen molar-refractivity contribution in [2.45, 2.75) is 20.3 Å². The molecular weight excluding hydrogens is 402 g/mol. The van der Waals surface area contributed by atoms with Crippen molar-refractivity contribution in [1.82, 2.24) is 10.3 Å². The van der Waals surface area contributed by atoms with E-state index in [-0.39, 0.29) is 18.4 Å². The Balaban J connectivity index is 1.92. The molecule has 7 nitrogen and oxygen atoms in total. The highest BCUT2D eigenvalue weighted by molar-refractivity contribution is 7.14. The van der Waals surface area contributed by atoms with Gasteiger partial charge in [0.15, 0.2) is 5.13 Å². The highest BCUT2D eigenvalue weighted by Crippen LogP contribution is 2.27. The van der Waals surface area contributed by atoms with Gasteiger partial charge in [0.1, 0.15) is 12.4 Å². The van der Waals surface area contributed by atoms with Gasteiger partial charge in [-0.25, -0.2) is 4.98 Å². The van der Waals surface area contributed by atoms with Crippen LogP contribution in [0.2, 0.25) is 0 Å². The second-order valence-electron chi connectivity index (χ2n) is 6.21. The first-order valence-electron chi connectivity index (χ1n) is 9.66.